The molecule has 0 unspecified atom stereocenters. The van der Waals surface area contributed by atoms with Gasteiger partial charge in [-0.2, -0.15) is 4.98 Å². The molecule has 0 aliphatic carbocycles. The van der Waals surface area contributed by atoms with Crippen molar-refractivity contribution in [3.8, 4) is 11.6 Å². The van der Waals surface area contributed by atoms with E-state index < -0.39 is 0 Å². The zero-order valence-electron chi connectivity index (χ0n) is 8.51. The van der Waals surface area contributed by atoms with E-state index in [1.54, 1.807) is 31.5 Å². The van der Waals surface area contributed by atoms with Crippen LogP contribution in [0.1, 0.15) is 5.82 Å². The van der Waals surface area contributed by atoms with Crippen LogP contribution in [0.5, 0.6) is 11.6 Å². The summed E-state index contributed by atoms with van der Waals surface area (Å²) in [6.45, 7) is 1.75. The molecule has 2 rings (SSSR count). The third kappa shape index (κ3) is 2.66. The molecule has 0 bridgehead atoms. The third-order valence-corrected chi connectivity index (χ3v) is 2.17. The summed E-state index contributed by atoms with van der Waals surface area (Å²) in [4.78, 5) is 12.0. The Hall–Kier alpha value is -1.69. The summed E-state index contributed by atoms with van der Waals surface area (Å²) in [5, 5.41) is 0. The molecule has 0 saturated carbocycles. The highest BCUT2D eigenvalue weighted by atomic mass is 79.9. The molecule has 0 aliphatic heterocycles. The van der Waals surface area contributed by atoms with Crippen molar-refractivity contribution in [2.45, 2.75) is 6.92 Å². The van der Waals surface area contributed by atoms with Crippen LogP contribution in [-0.4, -0.2) is 15.0 Å². The van der Waals surface area contributed by atoms with Crippen molar-refractivity contribution in [2.24, 2.45) is 0 Å². The second-order valence-electron chi connectivity index (χ2n) is 3.12. The van der Waals surface area contributed by atoms with Gasteiger partial charge in [-0.05, 0) is 28.9 Å². The quantitative estimate of drug-likeness (QED) is 0.914. The van der Waals surface area contributed by atoms with Crippen molar-refractivity contribution < 1.29 is 4.74 Å². The highest BCUT2D eigenvalue weighted by molar-refractivity contribution is 9.10. The summed E-state index contributed by atoms with van der Waals surface area (Å²) in [5.74, 6) is 1.94. The fourth-order valence-electron chi connectivity index (χ4n) is 1.18. The molecule has 0 atom stereocenters. The van der Waals surface area contributed by atoms with Gasteiger partial charge < -0.3 is 10.5 Å². The van der Waals surface area contributed by atoms with Crippen LogP contribution >= 0.6 is 15.9 Å². The monoisotopic (exact) mass is 280 g/mol. The Labute approximate surface area is 101 Å². The van der Waals surface area contributed by atoms with Crippen LogP contribution in [0.15, 0.2) is 29.0 Å². The molecule has 0 radical (unpaired) electrons. The summed E-state index contributed by atoms with van der Waals surface area (Å²) in [5.41, 5.74) is 5.59. The molecule has 16 heavy (non-hydrogen) atoms. The maximum Gasteiger partial charge on any atom is 0.224 e. The Bertz CT molecular complexity index is 498. The van der Waals surface area contributed by atoms with E-state index in [9.17, 15) is 0 Å². The van der Waals surface area contributed by atoms with E-state index in [4.69, 9.17) is 10.5 Å². The Balaban J connectivity index is 2.27. The van der Waals surface area contributed by atoms with E-state index in [0.717, 1.165) is 4.47 Å². The number of nitrogens with two attached hydrogens (primary N) is 1. The van der Waals surface area contributed by atoms with E-state index in [2.05, 4.69) is 30.9 Å². The number of halogens is 1. The van der Waals surface area contributed by atoms with Crippen molar-refractivity contribution in [1.82, 2.24) is 15.0 Å². The van der Waals surface area contributed by atoms with Gasteiger partial charge in [-0.1, -0.05) is 0 Å². The van der Waals surface area contributed by atoms with Gasteiger partial charge in [-0.15, -0.1) is 0 Å². The average Bonchev–Trinajstić information content (AvgIpc) is 2.15. The smallest absolute Gasteiger partial charge is 0.224 e. The molecule has 0 spiro atoms. The maximum absolute atomic E-state index is 5.59. The van der Waals surface area contributed by atoms with Gasteiger partial charge >= 0.3 is 0 Å². The number of anilines is 1. The van der Waals surface area contributed by atoms with E-state index in [1.165, 1.54) is 0 Å². The number of aromatic nitrogens is 3. The fourth-order valence-corrected chi connectivity index (χ4v) is 1.53. The molecule has 2 aromatic rings. The molecule has 2 heterocycles. The molecule has 2 aromatic heterocycles. The van der Waals surface area contributed by atoms with Crippen LogP contribution in [0, 0.1) is 6.92 Å². The molecule has 0 fully saturated rings. The van der Waals surface area contributed by atoms with Gasteiger partial charge in [0.2, 0.25) is 5.88 Å². The lowest BCUT2D eigenvalue weighted by Crippen LogP contribution is -1.97. The Morgan fingerprint density at radius 1 is 1.25 bits per heavy atom. The zero-order chi connectivity index (χ0) is 11.5. The molecule has 6 heteroatoms. The van der Waals surface area contributed by atoms with Crippen molar-refractivity contribution in [3.63, 3.8) is 0 Å². The zero-order valence-corrected chi connectivity index (χ0v) is 10.1. The largest absolute Gasteiger partial charge is 0.437 e. The van der Waals surface area contributed by atoms with Crippen LogP contribution < -0.4 is 10.5 Å². The lowest BCUT2D eigenvalue weighted by atomic mass is 10.4. The molecule has 0 aliphatic rings. The van der Waals surface area contributed by atoms with E-state index in [-0.39, 0.29) is 0 Å². The van der Waals surface area contributed by atoms with E-state index >= 15 is 0 Å². The van der Waals surface area contributed by atoms with Crippen LogP contribution in [0.4, 0.5) is 5.82 Å². The Kier molecular flexibility index (Phi) is 3.00. The number of nitrogens with zero attached hydrogens (tertiary/aromatic N) is 3. The van der Waals surface area contributed by atoms with E-state index in [0.29, 0.717) is 23.3 Å². The van der Waals surface area contributed by atoms with Crippen LogP contribution in [-0.2, 0) is 0 Å². The summed E-state index contributed by atoms with van der Waals surface area (Å²) in [6, 6.07) is 3.36. The minimum absolute atomic E-state index is 0.380. The van der Waals surface area contributed by atoms with Crippen LogP contribution in [0.3, 0.4) is 0 Å². The van der Waals surface area contributed by atoms with Crippen LogP contribution in [0.2, 0.25) is 0 Å². The maximum atomic E-state index is 5.59. The van der Waals surface area contributed by atoms with Gasteiger partial charge in [0, 0.05) is 16.7 Å². The number of aryl methyl sites for hydroxylation is 1. The van der Waals surface area contributed by atoms with Gasteiger partial charge in [0.15, 0.2) is 0 Å². The SMILES string of the molecule is Cc1nc(N)cc(Oc2cncc(Br)c2)n1. The Morgan fingerprint density at radius 3 is 2.75 bits per heavy atom. The highest BCUT2D eigenvalue weighted by Crippen LogP contribution is 2.22. The summed E-state index contributed by atoms with van der Waals surface area (Å²) in [6.07, 6.45) is 3.27. The van der Waals surface area contributed by atoms with E-state index in [1.807, 2.05) is 0 Å². The van der Waals surface area contributed by atoms with Crippen molar-refractivity contribution >= 4 is 21.7 Å². The van der Waals surface area contributed by atoms with Gasteiger partial charge in [-0.25, -0.2) is 4.98 Å². The molecular formula is C10H9BrN4O. The molecule has 0 amide bonds. The van der Waals surface area contributed by atoms with Gasteiger partial charge in [0.1, 0.15) is 17.4 Å². The number of rotatable bonds is 2. The van der Waals surface area contributed by atoms with Crippen molar-refractivity contribution in [1.29, 1.82) is 0 Å². The first-order valence-electron chi connectivity index (χ1n) is 4.53. The predicted molar refractivity (Wildman–Crippen MR) is 63.2 cm³/mol. The number of hydrogen-bond donors (Lipinski definition) is 1. The average molecular weight is 281 g/mol. The molecule has 2 N–H and O–H groups in total. The van der Waals surface area contributed by atoms with Gasteiger partial charge in [0.25, 0.3) is 0 Å². The highest BCUT2D eigenvalue weighted by Gasteiger charge is 2.02. The first kappa shape index (κ1) is 10.8. The summed E-state index contributed by atoms with van der Waals surface area (Å²) >= 11 is 3.30. The molecule has 0 aromatic carbocycles. The molecular weight excluding hydrogens is 272 g/mol. The van der Waals surface area contributed by atoms with Crippen molar-refractivity contribution in [2.75, 3.05) is 5.73 Å². The minimum Gasteiger partial charge on any atom is -0.437 e. The Morgan fingerprint density at radius 2 is 2.06 bits per heavy atom. The first-order valence-corrected chi connectivity index (χ1v) is 5.32. The standard InChI is InChI=1S/C10H9BrN4O/c1-6-14-9(12)3-10(15-6)16-8-2-7(11)4-13-5-8/h2-5H,1H3,(H2,12,14,15). The third-order valence-electron chi connectivity index (χ3n) is 1.74. The number of nitrogen functional groups attached to an aromatic ring is 1. The van der Waals surface area contributed by atoms with Crippen molar-refractivity contribution in [3.05, 3.63) is 34.8 Å². The lowest BCUT2D eigenvalue weighted by molar-refractivity contribution is 0.458. The number of ether oxygens (including phenoxy) is 1. The first-order chi connectivity index (χ1) is 7.63. The number of pyridine rings is 1. The molecule has 82 valence electrons. The van der Waals surface area contributed by atoms with Crippen LogP contribution in [0.25, 0.3) is 0 Å². The summed E-state index contributed by atoms with van der Waals surface area (Å²) in [7, 11) is 0. The second kappa shape index (κ2) is 4.44. The number of hydrogen-bond acceptors (Lipinski definition) is 5. The van der Waals surface area contributed by atoms with Gasteiger partial charge in [0.05, 0.1) is 6.20 Å². The fraction of sp³-hybridized carbons (Fsp3) is 0.100. The topological polar surface area (TPSA) is 73.9 Å². The molecule has 0 saturated heterocycles. The second-order valence-corrected chi connectivity index (χ2v) is 4.03. The molecule has 5 nitrogen and oxygen atoms in total. The minimum atomic E-state index is 0.380. The van der Waals surface area contributed by atoms with Gasteiger partial charge in [-0.3, -0.25) is 4.98 Å². The lowest BCUT2D eigenvalue weighted by Gasteiger charge is -2.05. The normalized spacial score (nSPS) is 10.1. The summed E-state index contributed by atoms with van der Waals surface area (Å²) < 4.78 is 6.33. The predicted octanol–water partition coefficient (Wildman–Crippen LogP) is 2.32.